The number of esters is 1. The Kier molecular flexibility index (Phi) is 7.34. The summed E-state index contributed by atoms with van der Waals surface area (Å²) in [6.07, 6.45) is 4.87. The van der Waals surface area contributed by atoms with Crippen LogP contribution in [0.3, 0.4) is 0 Å². The van der Waals surface area contributed by atoms with E-state index in [1.165, 1.54) is 18.2 Å². The Hall–Kier alpha value is -3.98. The third-order valence-electron chi connectivity index (χ3n) is 5.23. The van der Waals surface area contributed by atoms with Gasteiger partial charge < -0.3 is 25.4 Å². The van der Waals surface area contributed by atoms with Crippen molar-refractivity contribution in [1.82, 2.24) is 9.97 Å². The third-order valence-corrected chi connectivity index (χ3v) is 5.23. The highest BCUT2D eigenvalue weighted by Crippen LogP contribution is 2.31. The number of ether oxygens (including phenoxy) is 2. The molecule has 34 heavy (non-hydrogen) atoms. The fourth-order valence-corrected chi connectivity index (χ4v) is 3.57. The van der Waals surface area contributed by atoms with Gasteiger partial charge in [0.15, 0.2) is 0 Å². The van der Waals surface area contributed by atoms with E-state index in [-0.39, 0.29) is 11.7 Å². The summed E-state index contributed by atoms with van der Waals surface area (Å²) in [5.74, 6) is 0.256. The maximum absolute atomic E-state index is 13.5. The van der Waals surface area contributed by atoms with Crippen LogP contribution in [0.4, 0.5) is 27.5 Å². The first-order valence-corrected chi connectivity index (χ1v) is 11.0. The first kappa shape index (κ1) is 23.2. The normalized spacial score (nSPS) is 13.8. The Bertz CT molecular complexity index is 1190. The molecule has 0 bridgehead atoms. The second-order valence-electron chi connectivity index (χ2n) is 7.60. The fraction of sp³-hybridized carbons (Fsp3) is 0.240. The number of anilines is 4. The summed E-state index contributed by atoms with van der Waals surface area (Å²) in [6, 6.07) is 12.1. The van der Waals surface area contributed by atoms with E-state index in [9.17, 15) is 9.18 Å². The summed E-state index contributed by atoms with van der Waals surface area (Å²) in [5, 5.41) is 3.10. The van der Waals surface area contributed by atoms with Crippen molar-refractivity contribution in [3.63, 3.8) is 0 Å². The van der Waals surface area contributed by atoms with E-state index >= 15 is 0 Å². The number of carbonyl (C=O) groups is 1. The van der Waals surface area contributed by atoms with Gasteiger partial charge in [0.05, 0.1) is 25.5 Å². The molecule has 0 unspecified atom stereocenters. The smallest absolute Gasteiger partial charge is 0.330 e. The number of nitrogens with two attached hydrogens (primary N) is 1. The van der Waals surface area contributed by atoms with Gasteiger partial charge in [-0.3, -0.25) is 0 Å². The van der Waals surface area contributed by atoms with E-state index in [1.54, 1.807) is 25.3 Å². The third kappa shape index (κ3) is 5.68. The van der Waals surface area contributed by atoms with Gasteiger partial charge in [-0.05, 0) is 48.4 Å². The lowest BCUT2D eigenvalue weighted by Gasteiger charge is -2.29. The maximum atomic E-state index is 13.5. The second-order valence-corrected chi connectivity index (χ2v) is 7.60. The zero-order valence-corrected chi connectivity index (χ0v) is 18.8. The molecule has 3 N–H and O–H groups in total. The van der Waals surface area contributed by atoms with Gasteiger partial charge in [0.1, 0.15) is 11.6 Å². The van der Waals surface area contributed by atoms with E-state index in [0.717, 1.165) is 22.5 Å². The minimum atomic E-state index is -0.479. The number of carbonyl (C=O) groups excluding carboxylic acids is 1. The van der Waals surface area contributed by atoms with Gasteiger partial charge in [-0.15, -0.1) is 0 Å². The van der Waals surface area contributed by atoms with Crippen LogP contribution in [0.25, 0.3) is 17.2 Å². The molecule has 2 heterocycles. The van der Waals surface area contributed by atoms with Crippen LogP contribution in [0.1, 0.15) is 12.5 Å². The van der Waals surface area contributed by atoms with Gasteiger partial charge in [0.2, 0.25) is 5.95 Å². The Morgan fingerprint density at radius 3 is 2.85 bits per heavy atom. The van der Waals surface area contributed by atoms with Crippen LogP contribution >= 0.6 is 0 Å². The van der Waals surface area contributed by atoms with Gasteiger partial charge in [-0.25, -0.2) is 14.2 Å². The molecule has 4 rings (SSSR count). The topological polar surface area (TPSA) is 103 Å². The highest BCUT2D eigenvalue weighted by molar-refractivity contribution is 5.87. The molecule has 0 spiro atoms. The van der Waals surface area contributed by atoms with Crippen LogP contribution in [-0.2, 0) is 14.3 Å². The number of nitrogen functional groups attached to an aromatic ring is 1. The highest BCUT2D eigenvalue weighted by atomic mass is 19.1. The zero-order chi connectivity index (χ0) is 23.9. The number of hydrogen-bond acceptors (Lipinski definition) is 8. The Labute approximate surface area is 197 Å². The summed E-state index contributed by atoms with van der Waals surface area (Å²) >= 11 is 0. The highest BCUT2D eigenvalue weighted by Gasteiger charge is 2.19. The number of benzene rings is 2. The van der Waals surface area contributed by atoms with Crippen LogP contribution in [0, 0.1) is 5.82 Å². The quantitative estimate of drug-likeness (QED) is 0.308. The minimum absolute atomic E-state index is 0.0442. The van der Waals surface area contributed by atoms with Gasteiger partial charge >= 0.3 is 5.97 Å². The van der Waals surface area contributed by atoms with Crippen LogP contribution in [0.5, 0.6) is 0 Å². The molecule has 0 radical (unpaired) electrons. The van der Waals surface area contributed by atoms with Gasteiger partial charge in [-0.1, -0.05) is 18.2 Å². The molecule has 9 heteroatoms. The summed E-state index contributed by atoms with van der Waals surface area (Å²) in [5.41, 5.74) is 8.92. The molecular weight excluding hydrogens is 437 g/mol. The lowest BCUT2D eigenvalue weighted by atomic mass is 10.0. The predicted octanol–water partition coefficient (Wildman–Crippen LogP) is 4.02. The molecule has 0 aliphatic carbocycles. The molecular formula is C25H26FN5O3. The molecule has 0 saturated carbocycles. The monoisotopic (exact) mass is 463 g/mol. The SMILES string of the molecule is CCOC(=O)/C=C/c1cccc(-c2cnc(Nc3ccc(F)c(N)c3)nc2N2CCOCC2)c1. The molecule has 0 atom stereocenters. The van der Waals surface area contributed by atoms with E-state index in [0.29, 0.717) is 44.5 Å². The van der Waals surface area contributed by atoms with Crippen molar-refractivity contribution in [1.29, 1.82) is 0 Å². The van der Waals surface area contributed by atoms with E-state index in [4.69, 9.17) is 20.2 Å². The Morgan fingerprint density at radius 2 is 2.09 bits per heavy atom. The number of nitrogens with zero attached hydrogens (tertiary/aromatic N) is 3. The van der Waals surface area contributed by atoms with Crippen LogP contribution < -0.4 is 16.0 Å². The molecule has 1 aromatic heterocycles. The average molecular weight is 464 g/mol. The van der Waals surface area contributed by atoms with Crippen molar-refractivity contribution in [2.75, 3.05) is 48.9 Å². The molecule has 2 aromatic carbocycles. The molecule has 8 nitrogen and oxygen atoms in total. The molecule has 1 saturated heterocycles. The molecule has 1 aliphatic heterocycles. The standard InChI is InChI=1S/C25H26FN5O3/c1-2-34-23(32)9-6-17-4-3-5-18(14-17)20-16-28-25(29-19-7-8-21(26)22(27)15-19)30-24(20)31-10-12-33-13-11-31/h3-9,14-16H,2,10-13,27H2,1H3,(H,28,29,30)/b9-6+. The van der Waals surface area contributed by atoms with Crippen molar-refractivity contribution in [3.05, 3.63) is 66.1 Å². The van der Waals surface area contributed by atoms with E-state index in [2.05, 4.69) is 15.2 Å². The van der Waals surface area contributed by atoms with Crippen molar-refractivity contribution in [2.24, 2.45) is 0 Å². The fourth-order valence-electron chi connectivity index (χ4n) is 3.57. The summed E-state index contributed by atoms with van der Waals surface area (Å²) in [6.45, 7) is 4.67. The summed E-state index contributed by atoms with van der Waals surface area (Å²) in [7, 11) is 0. The summed E-state index contributed by atoms with van der Waals surface area (Å²) in [4.78, 5) is 23.1. The van der Waals surface area contributed by atoms with E-state index in [1.807, 2.05) is 24.3 Å². The minimum Gasteiger partial charge on any atom is -0.463 e. The summed E-state index contributed by atoms with van der Waals surface area (Å²) < 4.78 is 24.0. The first-order valence-electron chi connectivity index (χ1n) is 11.0. The largest absolute Gasteiger partial charge is 0.463 e. The number of nitrogens with one attached hydrogen (secondary N) is 1. The number of hydrogen-bond donors (Lipinski definition) is 2. The van der Waals surface area contributed by atoms with Crippen molar-refractivity contribution < 1.29 is 18.7 Å². The number of halogens is 1. The van der Waals surface area contributed by atoms with Crippen LogP contribution in [-0.4, -0.2) is 48.8 Å². The van der Waals surface area contributed by atoms with Crippen LogP contribution in [0.2, 0.25) is 0 Å². The molecule has 1 fully saturated rings. The Morgan fingerprint density at radius 1 is 1.26 bits per heavy atom. The van der Waals surface area contributed by atoms with Gasteiger partial charge in [-0.2, -0.15) is 4.98 Å². The molecule has 3 aromatic rings. The first-order chi connectivity index (χ1) is 16.5. The number of aromatic nitrogens is 2. The van der Waals surface area contributed by atoms with Crippen molar-refractivity contribution in [3.8, 4) is 11.1 Å². The number of morpholine rings is 1. The average Bonchev–Trinajstić information content (AvgIpc) is 2.86. The van der Waals surface area contributed by atoms with Gasteiger partial charge in [0, 0.05) is 36.6 Å². The lowest BCUT2D eigenvalue weighted by molar-refractivity contribution is -0.137. The van der Waals surface area contributed by atoms with Gasteiger partial charge in [0.25, 0.3) is 0 Å². The van der Waals surface area contributed by atoms with Crippen molar-refractivity contribution >= 4 is 35.2 Å². The number of rotatable bonds is 7. The molecule has 1 aliphatic rings. The maximum Gasteiger partial charge on any atom is 0.330 e. The molecule has 176 valence electrons. The lowest BCUT2D eigenvalue weighted by Crippen LogP contribution is -2.37. The molecule has 0 amide bonds. The predicted molar refractivity (Wildman–Crippen MR) is 130 cm³/mol. The van der Waals surface area contributed by atoms with Crippen molar-refractivity contribution in [2.45, 2.75) is 6.92 Å². The van der Waals surface area contributed by atoms with Crippen LogP contribution in [0.15, 0.2) is 54.7 Å². The second kappa shape index (κ2) is 10.8. The Balaban J connectivity index is 1.67. The zero-order valence-electron chi connectivity index (χ0n) is 18.8. The van der Waals surface area contributed by atoms with E-state index < -0.39 is 5.82 Å².